The second kappa shape index (κ2) is 8.65. The zero-order valence-electron chi connectivity index (χ0n) is 15.0. The van der Waals surface area contributed by atoms with Gasteiger partial charge in [-0.05, 0) is 50.6 Å². The van der Waals surface area contributed by atoms with E-state index in [-0.39, 0.29) is 6.61 Å². The summed E-state index contributed by atoms with van der Waals surface area (Å²) in [6, 6.07) is 8.93. The molecule has 6 heteroatoms. The largest absolute Gasteiger partial charge is 0.482 e. The van der Waals surface area contributed by atoms with Crippen LogP contribution in [0.1, 0.15) is 31.4 Å². The van der Waals surface area contributed by atoms with Gasteiger partial charge in [0.2, 0.25) is 0 Å². The van der Waals surface area contributed by atoms with Crippen LogP contribution in [0.3, 0.4) is 0 Å². The highest BCUT2D eigenvalue weighted by atomic mass is 16.5. The number of rotatable bonds is 6. The fourth-order valence-electron chi connectivity index (χ4n) is 3.86. The minimum Gasteiger partial charge on any atom is -0.482 e. The molecule has 0 saturated carbocycles. The van der Waals surface area contributed by atoms with Crippen molar-refractivity contribution in [2.24, 2.45) is 0 Å². The second-order valence-electron chi connectivity index (χ2n) is 6.98. The predicted octanol–water partition coefficient (Wildman–Crippen LogP) is 1.58. The average molecular weight is 347 g/mol. The number of carbonyl (C=O) groups is 1. The van der Waals surface area contributed by atoms with E-state index in [1.807, 2.05) is 24.3 Å². The SMILES string of the molecule is CC(c1ccc(OCC(=O)O)cc1)N1CCN(C2CCNCC2)CC1. The van der Waals surface area contributed by atoms with Crippen LogP contribution in [0.2, 0.25) is 0 Å². The van der Waals surface area contributed by atoms with Gasteiger partial charge in [0.15, 0.2) is 6.61 Å². The van der Waals surface area contributed by atoms with Crippen molar-refractivity contribution in [1.29, 1.82) is 0 Å². The van der Waals surface area contributed by atoms with Crippen molar-refractivity contribution in [3.63, 3.8) is 0 Å². The maximum atomic E-state index is 10.6. The lowest BCUT2D eigenvalue weighted by Gasteiger charge is -2.42. The van der Waals surface area contributed by atoms with Gasteiger partial charge < -0.3 is 15.2 Å². The van der Waals surface area contributed by atoms with Gasteiger partial charge in [-0.3, -0.25) is 9.80 Å². The molecule has 3 rings (SSSR count). The van der Waals surface area contributed by atoms with Crippen LogP contribution in [0.4, 0.5) is 0 Å². The summed E-state index contributed by atoms with van der Waals surface area (Å²) in [5, 5.41) is 12.1. The third kappa shape index (κ3) is 4.93. The summed E-state index contributed by atoms with van der Waals surface area (Å²) in [5.74, 6) is -0.349. The number of piperidine rings is 1. The number of piperazine rings is 1. The molecular weight excluding hydrogens is 318 g/mol. The molecule has 0 aliphatic carbocycles. The molecule has 0 spiro atoms. The Balaban J connectivity index is 1.50. The first-order chi connectivity index (χ1) is 12.1. The summed E-state index contributed by atoms with van der Waals surface area (Å²) < 4.78 is 5.20. The van der Waals surface area contributed by atoms with Crippen LogP contribution in [-0.4, -0.2) is 72.8 Å². The van der Waals surface area contributed by atoms with Crippen molar-refractivity contribution in [1.82, 2.24) is 15.1 Å². The Bertz CT molecular complexity index is 550. The van der Waals surface area contributed by atoms with Crippen molar-refractivity contribution >= 4 is 5.97 Å². The molecule has 2 heterocycles. The van der Waals surface area contributed by atoms with Gasteiger partial charge in [0, 0.05) is 38.3 Å². The Labute approximate surface area is 149 Å². The second-order valence-corrected chi connectivity index (χ2v) is 6.98. The molecule has 2 N–H and O–H groups in total. The lowest BCUT2D eigenvalue weighted by atomic mass is 10.0. The number of hydrogen-bond acceptors (Lipinski definition) is 5. The van der Waals surface area contributed by atoms with Crippen molar-refractivity contribution in [3.05, 3.63) is 29.8 Å². The highest BCUT2D eigenvalue weighted by Crippen LogP contribution is 2.25. The molecule has 2 aliphatic rings. The first-order valence-corrected chi connectivity index (χ1v) is 9.27. The lowest BCUT2D eigenvalue weighted by Crippen LogP contribution is -2.53. The molecule has 0 radical (unpaired) electrons. The van der Waals surface area contributed by atoms with E-state index in [9.17, 15) is 4.79 Å². The molecule has 2 aliphatic heterocycles. The Morgan fingerprint density at radius 3 is 2.44 bits per heavy atom. The fourth-order valence-corrected chi connectivity index (χ4v) is 3.86. The summed E-state index contributed by atoms with van der Waals surface area (Å²) in [4.78, 5) is 15.7. The molecule has 1 aromatic rings. The van der Waals surface area contributed by atoms with E-state index in [1.165, 1.54) is 18.4 Å². The minimum absolute atomic E-state index is 0.298. The summed E-state index contributed by atoms with van der Waals surface area (Å²) in [5.41, 5.74) is 1.25. The summed E-state index contributed by atoms with van der Waals surface area (Å²) >= 11 is 0. The fraction of sp³-hybridized carbons (Fsp3) is 0.632. The first-order valence-electron chi connectivity index (χ1n) is 9.27. The topological polar surface area (TPSA) is 65.0 Å². The van der Waals surface area contributed by atoms with E-state index in [0.29, 0.717) is 11.8 Å². The van der Waals surface area contributed by atoms with Crippen LogP contribution in [0.15, 0.2) is 24.3 Å². The maximum Gasteiger partial charge on any atom is 0.341 e. The smallest absolute Gasteiger partial charge is 0.341 e. The number of carboxylic acids is 1. The number of hydrogen-bond donors (Lipinski definition) is 2. The van der Waals surface area contributed by atoms with Gasteiger partial charge in [-0.25, -0.2) is 4.79 Å². The lowest BCUT2D eigenvalue weighted by molar-refractivity contribution is -0.139. The van der Waals surface area contributed by atoms with E-state index >= 15 is 0 Å². The molecule has 1 aromatic carbocycles. The number of benzene rings is 1. The van der Waals surface area contributed by atoms with E-state index in [4.69, 9.17) is 9.84 Å². The van der Waals surface area contributed by atoms with Crippen LogP contribution in [0.25, 0.3) is 0 Å². The summed E-state index contributed by atoms with van der Waals surface area (Å²) in [6.07, 6.45) is 2.54. The van der Waals surface area contributed by atoms with E-state index in [1.54, 1.807) is 0 Å². The maximum absolute atomic E-state index is 10.6. The Kier molecular flexibility index (Phi) is 6.29. The zero-order chi connectivity index (χ0) is 17.6. The number of nitrogens with zero attached hydrogens (tertiary/aromatic N) is 2. The summed E-state index contributed by atoms with van der Waals surface area (Å²) in [6.45, 7) is 8.74. The molecule has 1 atom stereocenters. The highest BCUT2D eigenvalue weighted by Gasteiger charge is 2.27. The third-order valence-corrected chi connectivity index (χ3v) is 5.45. The van der Waals surface area contributed by atoms with E-state index in [2.05, 4.69) is 22.0 Å². The van der Waals surface area contributed by atoms with Gasteiger partial charge in [0.25, 0.3) is 0 Å². The number of ether oxygens (including phenoxy) is 1. The number of carboxylic acid groups (broad SMARTS) is 1. The standard InChI is InChI=1S/C19H29N3O3/c1-15(16-2-4-18(5-3-16)25-14-19(23)24)21-10-12-22(13-11-21)17-6-8-20-9-7-17/h2-5,15,17,20H,6-14H2,1H3,(H,23,24). The van der Waals surface area contributed by atoms with Crippen molar-refractivity contribution in [2.45, 2.75) is 31.8 Å². The van der Waals surface area contributed by atoms with Crippen molar-refractivity contribution in [3.8, 4) is 5.75 Å². The van der Waals surface area contributed by atoms with Crippen LogP contribution in [0.5, 0.6) is 5.75 Å². The molecule has 25 heavy (non-hydrogen) atoms. The predicted molar refractivity (Wildman–Crippen MR) is 97.0 cm³/mol. The Morgan fingerprint density at radius 1 is 1.20 bits per heavy atom. The molecule has 1 unspecified atom stereocenters. The zero-order valence-corrected chi connectivity index (χ0v) is 15.0. The van der Waals surface area contributed by atoms with Gasteiger partial charge >= 0.3 is 5.97 Å². The quantitative estimate of drug-likeness (QED) is 0.815. The van der Waals surface area contributed by atoms with Crippen LogP contribution in [0, 0.1) is 0 Å². The van der Waals surface area contributed by atoms with Gasteiger partial charge in [0.1, 0.15) is 5.75 Å². The highest BCUT2D eigenvalue weighted by molar-refractivity contribution is 5.68. The molecular formula is C19H29N3O3. The van der Waals surface area contributed by atoms with Crippen LogP contribution >= 0.6 is 0 Å². The third-order valence-electron chi connectivity index (χ3n) is 5.45. The molecule has 0 bridgehead atoms. The molecule has 2 fully saturated rings. The first kappa shape index (κ1) is 18.2. The summed E-state index contributed by atoms with van der Waals surface area (Å²) in [7, 11) is 0. The van der Waals surface area contributed by atoms with Gasteiger partial charge in [-0.15, -0.1) is 0 Å². The van der Waals surface area contributed by atoms with Crippen molar-refractivity contribution < 1.29 is 14.6 Å². The van der Waals surface area contributed by atoms with Gasteiger partial charge in [-0.2, -0.15) is 0 Å². The van der Waals surface area contributed by atoms with Crippen LogP contribution < -0.4 is 10.1 Å². The monoisotopic (exact) mass is 347 g/mol. The van der Waals surface area contributed by atoms with Gasteiger partial charge in [0.05, 0.1) is 0 Å². The molecule has 0 amide bonds. The van der Waals surface area contributed by atoms with E-state index < -0.39 is 5.97 Å². The minimum atomic E-state index is -0.955. The molecule has 2 saturated heterocycles. The van der Waals surface area contributed by atoms with Crippen LogP contribution in [-0.2, 0) is 4.79 Å². The number of aliphatic carboxylic acids is 1. The molecule has 0 aromatic heterocycles. The Morgan fingerprint density at radius 2 is 1.84 bits per heavy atom. The van der Waals surface area contributed by atoms with Crippen molar-refractivity contribution in [2.75, 3.05) is 45.9 Å². The van der Waals surface area contributed by atoms with E-state index in [0.717, 1.165) is 45.3 Å². The molecule has 138 valence electrons. The number of nitrogens with one attached hydrogen (secondary N) is 1. The molecule has 6 nitrogen and oxygen atoms in total. The Hall–Kier alpha value is -1.63. The van der Waals surface area contributed by atoms with Gasteiger partial charge in [-0.1, -0.05) is 12.1 Å². The normalized spacial score (nSPS) is 21.8. The average Bonchev–Trinajstić information content (AvgIpc) is 2.67.